The van der Waals surface area contributed by atoms with Gasteiger partial charge < -0.3 is 15.7 Å². The second-order valence-electron chi connectivity index (χ2n) is 7.25. The molecule has 0 unspecified atom stereocenters. The van der Waals surface area contributed by atoms with Gasteiger partial charge in [-0.2, -0.15) is 11.8 Å². The first-order chi connectivity index (χ1) is 12.2. The average molecular weight is 400 g/mol. The molecular formula is C18H26ClN3O3S. The number of carbonyl (C=O) groups excluding carboxylic acids is 1. The topological polar surface area (TPSA) is 81.7 Å². The number of hydrogen-bond donors (Lipinski definition) is 3. The van der Waals surface area contributed by atoms with Crippen LogP contribution >= 0.6 is 23.4 Å². The highest BCUT2D eigenvalue weighted by Gasteiger charge is 2.27. The van der Waals surface area contributed by atoms with E-state index in [0.717, 1.165) is 29.2 Å². The molecule has 1 heterocycles. The lowest BCUT2D eigenvalue weighted by atomic mass is 10.0. The van der Waals surface area contributed by atoms with Crippen LogP contribution < -0.4 is 10.6 Å². The number of nitrogens with one attached hydrogen (secondary N) is 2. The van der Waals surface area contributed by atoms with Gasteiger partial charge >= 0.3 is 6.09 Å². The van der Waals surface area contributed by atoms with E-state index < -0.39 is 11.6 Å². The normalized spacial score (nSPS) is 17.6. The molecule has 8 heteroatoms. The molecule has 2 rings (SSSR count). The molecular weight excluding hydrogens is 374 g/mol. The number of rotatable bonds is 5. The number of carboxylic acid groups (broad SMARTS) is 1. The number of nitrogens with zero attached hydrogens (tertiary/aromatic N) is 1. The third kappa shape index (κ3) is 5.79. The van der Waals surface area contributed by atoms with Crippen molar-refractivity contribution in [2.75, 3.05) is 18.1 Å². The Labute approximate surface area is 163 Å². The van der Waals surface area contributed by atoms with Gasteiger partial charge in [-0.15, -0.1) is 0 Å². The highest BCUT2D eigenvalue weighted by atomic mass is 35.5. The molecule has 1 aromatic carbocycles. The summed E-state index contributed by atoms with van der Waals surface area (Å²) in [5, 5.41) is 16.2. The monoisotopic (exact) mass is 399 g/mol. The van der Waals surface area contributed by atoms with E-state index in [1.807, 2.05) is 26.8 Å². The zero-order chi connectivity index (χ0) is 19.3. The van der Waals surface area contributed by atoms with Crippen LogP contribution in [0.5, 0.6) is 0 Å². The first kappa shape index (κ1) is 20.9. The molecule has 0 aliphatic carbocycles. The van der Waals surface area contributed by atoms with E-state index in [1.54, 1.807) is 23.9 Å². The quantitative estimate of drug-likeness (QED) is 0.709. The van der Waals surface area contributed by atoms with Gasteiger partial charge in [0.1, 0.15) is 0 Å². The van der Waals surface area contributed by atoms with Gasteiger partial charge in [-0.3, -0.25) is 9.69 Å². The van der Waals surface area contributed by atoms with E-state index in [-0.39, 0.29) is 18.5 Å². The Morgan fingerprint density at radius 2 is 2.12 bits per heavy atom. The summed E-state index contributed by atoms with van der Waals surface area (Å²) in [6, 6.07) is 5.15. The van der Waals surface area contributed by atoms with Crippen molar-refractivity contribution in [1.29, 1.82) is 0 Å². The molecule has 6 nitrogen and oxygen atoms in total. The van der Waals surface area contributed by atoms with Crippen LogP contribution in [0, 0.1) is 0 Å². The maximum absolute atomic E-state index is 12.3. The Morgan fingerprint density at radius 1 is 1.38 bits per heavy atom. The Balaban J connectivity index is 2.11. The van der Waals surface area contributed by atoms with Crippen LogP contribution in [0.4, 0.5) is 4.79 Å². The van der Waals surface area contributed by atoms with Gasteiger partial charge in [-0.1, -0.05) is 17.7 Å². The summed E-state index contributed by atoms with van der Waals surface area (Å²) in [5.41, 5.74) is 1.12. The van der Waals surface area contributed by atoms with Crippen molar-refractivity contribution in [3.8, 4) is 0 Å². The van der Waals surface area contributed by atoms with Gasteiger partial charge in [-0.05, 0) is 44.0 Å². The molecule has 1 fully saturated rings. The van der Waals surface area contributed by atoms with Crippen molar-refractivity contribution >= 4 is 35.4 Å². The molecule has 0 saturated carbocycles. The summed E-state index contributed by atoms with van der Waals surface area (Å²) in [5.74, 6) is 1.72. The zero-order valence-corrected chi connectivity index (χ0v) is 16.9. The Morgan fingerprint density at radius 3 is 2.69 bits per heavy atom. The molecule has 1 atom stereocenters. The number of halogens is 1. The summed E-state index contributed by atoms with van der Waals surface area (Å²) in [7, 11) is 0. The summed E-state index contributed by atoms with van der Waals surface area (Å²) >= 11 is 7.87. The highest BCUT2D eigenvalue weighted by Crippen LogP contribution is 2.22. The minimum Gasteiger partial charge on any atom is -0.465 e. The predicted molar refractivity (Wildman–Crippen MR) is 106 cm³/mol. The average Bonchev–Trinajstić information content (AvgIpc) is 2.58. The summed E-state index contributed by atoms with van der Waals surface area (Å²) in [6.45, 7) is 6.93. The van der Waals surface area contributed by atoms with Crippen LogP contribution in [-0.2, 0) is 17.9 Å². The van der Waals surface area contributed by atoms with Gasteiger partial charge in [0.2, 0.25) is 5.91 Å². The molecule has 0 bridgehead atoms. The lowest BCUT2D eigenvalue weighted by Gasteiger charge is -2.33. The first-order valence-electron chi connectivity index (χ1n) is 8.55. The van der Waals surface area contributed by atoms with Crippen LogP contribution in [0.15, 0.2) is 18.2 Å². The van der Waals surface area contributed by atoms with Crippen molar-refractivity contribution in [3.63, 3.8) is 0 Å². The number of benzene rings is 1. The SMILES string of the molecule is CC(C)(C)N(Cc1ccc(Cl)cc1CNC(=O)[C@@H]1CSCCN1)C(=O)O. The molecule has 2 amide bonds. The Kier molecular flexibility index (Phi) is 7.20. The molecule has 0 radical (unpaired) electrons. The molecule has 144 valence electrons. The minimum absolute atomic E-state index is 0.0472. The van der Waals surface area contributed by atoms with Gasteiger partial charge in [0.05, 0.1) is 6.04 Å². The largest absolute Gasteiger partial charge is 0.465 e. The second kappa shape index (κ2) is 8.97. The van der Waals surface area contributed by atoms with Crippen LogP contribution in [-0.4, -0.2) is 51.6 Å². The lowest BCUT2D eigenvalue weighted by Crippen LogP contribution is -2.48. The fraction of sp³-hybridized carbons (Fsp3) is 0.556. The molecule has 1 aliphatic heterocycles. The fourth-order valence-electron chi connectivity index (χ4n) is 2.71. The van der Waals surface area contributed by atoms with Crippen molar-refractivity contribution in [2.45, 2.75) is 45.4 Å². The highest BCUT2D eigenvalue weighted by molar-refractivity contribution is 7.99. The van der Waals surface area contributed by atoms with Crippen LogP contribution in [0.25, 0.3) is 0 Å². The molecule has 0 aromatic heterocycles. The van der Waals surface area contributed by atoms with E-state index in [1.165, 1.54) is 4.90 Å². The fourth-order valence-corrected chi connectivity index (χ4v) is 3.84. The van der Waals surface area contributed by atoms with E-state index in [0.29, 0.717) is 11.6 Å². The predicted octanol–water partition coefficient (Wildman–Crippen LogP) is 2.94. The van der Waals surface area contributed by atoms with E-state index in [2.05, 4.69) is 10.6 Å². The number of hydrogen-bond acceptors (Lipinski definition) is 4. The molecule has 3 N–H and O–H groups in total. The van der Waals surface area contributed by atoms with Crippen molar-refractivity contribution in [2.24, 2.45) is 0 Å². The first-order valence-corrected chi connectivity index (χ1v) is 10.1. The summed E-state index contributed by atoms with van der Waals surface area (Å²) < 4.78 is 0. The van der Waals surface area contributed by atoms with Gasteiger partial charge in [0, 0.05) is 41.7 Å². The van der Waals surface area contributed by atoms with E-state index in [9.17, 15) is 14.7 Å². The van der Waals surface area contributed by atoms with Crippen LogP contribution in [0.3, 0.4) is 0 Å². The Hall–Kier alpha value is -1.44. The van der Waals surface area contributed by atoms with E-state index >= 15 is 0 Å². The number of amides is 2. The molecule has 1 aromatic rings. The number of thioether (sulfide) groups is 1. The van der Waals surface area contributed by atoms with Crippen molar-refractivity contribution in [3.05, 3.63) is 34.3 Å². The van der Waals surface area contributed by atoms with Crippen molar-refractivity contribution < 1.29 is 14.7 Å². The molecule has 0 spiro atoms. The van der Waals surface area contributed by atoms with Crippen LogP contribution in [0.1, 0.15) is 31.9 Å². The van der Waals surface area contributed by atoms with Gasteiger partial charge in [0.25, 0.3) is 0 Å². The maximum Gasteiger partial charge on any atom is 0.408 e. The second-order valence-corrected chi connectivity index (χ2v) is 8.84. The summed E-state index contributed by atoms with van der Waals surface area (Å²) in [6.07, 6.45) is -0.981. The van der Waals surface area contributed by atoms with Gasteiger partial charge in [0.15, 0.2) is 0 Å². The minimum atomic E-state index is -0.981. The zero-order valence-electron chi connectivity index (χ0n) is 15.3. The van der Waals surface area contributed by atoms with Crippen molar-refractivity contribution in [1.82, 2.24) is 15.5 Å². The lowest BCUT2D eigenvalue weighted by molar-refractivity contribution is -0.122. The third-order valence-corrected chi connectivity index (χ3v) is 5.53. The smallest absolute Gasteiger partial charge is 0.408 e. The van der Waals surface area contributed by atoms with Crippen LogP contribution in [0.2, 0.25) is 5.02 Å². The number of carbonyl (C=O) groups is 2. The standard InChI is InChI=1S/C18H26ClN3O3S/c1-18(2,3)22(17(24)25)10-12-4-5-14(19)8-13(12)9-21-16(23)15-11-26-7-6-20-15/h4-5,8,15,20H,6-7,9-11H2,1-3H3,(H,21,23)(H,24,25)/t15-/m0/s1. The maximum atomic E-state index is 12.3. The Bertz CT molecular complexity index is 658. The third-order valence-electron chi connectivity index (χ3n) is 4.23. The van der Waals surface area contributed by atoms with Gasteiger partial charge in [-0.25, -0.2) is 4.79 Å². The molecule has 26 heavy (non-hydrogen) atoms. The van der Waals surface area contributed by atoms with E-state index in [4.69, 9.17) is 11.6 Å². The summed E-state index contributed by atoms with van der Waals surface area (Å²) in [4.78, 5) is 25.3. The molecule has 1 saturated heterocycles. The molecule has 1 aliphatic rings.